The highest BCUT2D eigenvalue weighted by Crippen LogP contribution is 2.01. The summed E-state index contributed by atoms with van der Waals surface area (Å²) in [6, 6.07) is -0.126. The van der Waals surface area contributed by atoms with Crippen LogP contribution in [0.1, 0.15) is 20.8 Å². The summed E-state index contributed by atoms with van der Waals surface area (Å²) in [6.45, 7) is 5.77. The van der Waals surface area contributed by atoms with Crippen LogP contribution in [-0.4, -0.2) is 18.6 Å². The topological polar surface area (TPSA) is 52.3 Å². The summed E-state index contributed by atoms with van der Waals surface area (Å²) >= 11 is 0. The monoisotopic (exact) mass is 145 g/mol. The van der Waals surface area contributed by atoms with Crippen molar-refractivity contribution in [3.8, 4) is 0 Å². The molecule has 3 heteroatoms. The van der Waals surface area contributed by atoms with Crippen LogP contribution in [0.4, 0.5) is 0 Å². The molecule has 0 bridgehead atoms. The Kier molecular flexibility index (Phi) is 4.03. The van der Waals surface area contributed by atoms with Gasteiger partial charge in [-0.1, -0.05) is 6.92 Å². The Hall–Kier alpha value is -0.570. The zero-order valence-electron chi connectivity index (χ0n) is 6.76. The van der Waals surface area contributed by atoms with Crippen molar-refractivity contribution < 1.29 is 9.53 Å². The first-order valence-corrected chi connectivity index (χ1v) is 3.51. The van der Waals surface area contributed by atoms with Crippen LogP contribution in [0, 0.1) is 5.92 Å². The summed E-state index contributed by atoms with van der Waals surface area (Å²) in [5, 5.41) is 0. The minimum absolute atomic E-state index is 0.126. The predicted octanol–water partition coefficient (Wildman–Crippen LogP) is 0.533. The normalized spacial score (nSPS) is 16.0. The smallest absolute Gasteiger partial charge is 0.310 e. The van der Waals surface area contributed by atoms with Gasteiger partial charge in [0.15, 0.2) is 0 Å². The molecule has 0 saturated carbocycles. The lowest BCUT2D eigenvalue weighted by Crippen LogP contribution is -2.31. The van der Waals surface area contributed by atoms with Crippen LogP contribution in [-0.2, 0) is 9.53 Å². The van der Waals surface area contributed by atoms with Crippen LogP contribution >= 0.6 is 0 Å². The third-order valence-electron chi connectivity index (χ3n) is 1.45. The Bertz CT molecular complexity index is 112. The molecule has 3 nitrogen and oxygen atoms in total. The van der Waals surface area contributed by atoms with E-state index < -0.39 is 0 Å². The summed E-state index contributed by atoms with van der Waals surface area (Å²) in [7, 11) is 0. The number of nitrogens with two attached hydrogens (primary N) is 1. The number of hydrogen-bond acceptors (Lipinski definition) is 3. The first kappa shape index (κ1) is 9.43. The fraction of sp³-hybridized carbons (Fsp3) is 0.857. The minimum atomic E-state index is -0.211. The Morgan fingerprint density at radius 2 is 2.10 bits per heavy atom. The van der Waals surface area contributed by atoms with E-state index in [9.17, 15) is 4.79 Å². The molecule has 2 atom stereocenters. The van der Waals surface area contributed by atoms with Crippen molar-refractivity contribution in [1.82, 2.24) is 0 Å². The van der Waals surface area contributed by atoms with Gasteiger partial charge < -0.3 is 10.5 Å². The number of rotatable bonds is 3. The number of carbonyl (C=O) groups is 1. The number of carbonyl (C=O) groups excluding carboxylic acids is 1. The molecule has 0 rings (SSSR count). The molecule has 0 saturated heterocycles. The lowest BCUT2D eigenvalue weighted by Gasteiger charge is -2.12. The van der Waals surface area contributed by atoms with Crippen LogP contribution in [0.2, 0.25) is 0 Å². The molecule has 0 aliphatic heterocycles. The molecule has 0 spiro atoms. The van der Waals surface area contributed by atoms with Gasteiger partial charge in [0, 0.05) is 6.04 Å². The van der Waals surface area contributed by atoms with E-state index in [0.717, 1.165) is 0 Å². The van der Waals surface area contributed by atoms with Crippen molar-refractivity contribution in [2.24, 2.45) is 11.7 Å². The standard InChI is InChI=1S/C7H15NO2/c1-4-10-7(9)5(2)6(3)8/h5-6H,4,8H2,1-3H3/t5-,6-/m0/s1. The average molecular weight is 145 g/mol. The van der Waals surface area contributed by atoms with Gasteiger partial charge in [0.2, 0.25) is 0 Å². The van der Waals surface area contributed by atoms with E-state index in [1.807, 2.05) is 0 Å². The van der Waals surface area contributed by atoms with Gasteiger partial charge in [0.25, 0.3) is 0 Å². The molecule has 0 aromatic rings. The zero-order valence-corrected chi connectivity index (χ0v) is 6.76. The lowest BCUT2D eigenvalue weighted by molar-refractivity contribution is -0.147. The van der Waals surface area contributed by atoms with Gasteiger partial charge in [-0.05, 0) is 13.8 Å². The molecule has 0 unspecified atom stereocenters. The molecule has 0 aromatic carbocycles. The Morgan fingerprint density at radius 3 is 2.40 bits per heavy atom. The van der Waals surface area contributed by atoms with E-state index in [0.29, 0.717) is 6.61 Å². The minimum Gasteiger partial charge on any atom is -0.466 e. The average Bonchev–Trinajstić information content (AvgIpc) is 1.87. The van der Waals surface area contributed by atoms with E-state index in [2.05, 4.69) is 0 Å². The lowest BCUT2D eigenvalue weighted by atomic mass is 10.1. The summed E-state index contributed by atoms with van der Waals surface area (Å²) < 4.78 is 4.75. The fourth-order valence-corrected chi connectivity index (χ4v) is 0.488. The van der Waals surface area contributed by atoms with E-state index in [1.165, 1.54) is 0 Å². The van der Waals surface area contributed by atoms with Gasteiger partial charge in [0.05, 0.1) is 12.5 Å². The molecular weight excluding hydrogens is 130 g/mol. The van der Waals surface area contributed by atoms with Crippen molar-refractivity contribution in [3.05, 3.63) is 0 Å². The van der Waals surface area contributed by atoms with Gasteiger partial charge in [-0.2, -0.15) is 0 Å². The Balaban J connectivity index is 3.71. The van der Waals surface area contributed by atoms with Gasteiger partial charge in [-0.3, -0.25) is 4.79 Å². The molecule has 10 heavy (non-hydrogen) atoms. The fourth-order valence-electron chi connectivity index (χ4n) is 0.488. The van der Waals surface area contributed by atoms with Crippen LogP contribution in [0.5, 0.6) is 0 Å². The molecule has 0 fully saturated rings. The highest BCUT2D eigenvalue weighted by atomic mass is 16.5. The summed E-state index contributed by atoms with van der Waals surface area (Å²) in [4.78, 5) is 10.9. The van der Waals surface area contributed by atoms with E-state index >= 15 is 0 Å². The second-order valence-corrected chi connectivity index (χ2v) is 2.40. The van der Waals surface area contributed by atoms with Crippen molar-refractivity contribution in [3.63, 3.8) is 0 Å². The molecule has 0 heterocycles. The molecule has 2 N–H and O–H groups in total. The quantitative estimate of drug-likeness (QED) is 0.589. The third-order valence-corrected chi connectivity index (χ3v) is 1.45. The Labute approximate surface area is 61.5 Å². The van der Waals surface area contributed by atoms with Gasteiger partial charge in [0.1, 0.15) is 0 Å². The first-order chi connectivity index (χ1) is 4.59. The highest BCUT2D eigenvalue weighted by molar-refractivity contribution is 5.72. The second kappa shape index (κ2) is 4.28. The molecule has 0 amide bonds. The van der Waals surface area contributed by atoms with Gasteiger partial charge in [-0.15, -0.1) is 0 Å². The van der Waals surface area contributed by atoms with Crippen LogP contribution in [0.15, 0.2) is 0 Å². The maximum absolute atomic E-state index is 10.9. The summed E-state index contributed by atoms with van der Waals surface area (Å²) in [5.74, 6) is -0.405. The van der Waals surface area contributed by atoms with E-state index in [-0.39, 0.29) is 17.9 Å². The largest absolute Gasteiger partial charge is 0.466 e. The maximum atomic E-state index is 10.9. The van der Waals surface area contributed by atoms with Crippen LogP contribution in [0.3, 0.4) is 0 Å². The number of ether oxygens (including phenoxy) is 1. The first-order valence-electron chi connectivity index (χ1n) is 3.51. The highest BCUT2D eigenvalue weighted by Gasteiger charge is 2.17. The van der Waals surface area contributed by atoms with Gasteiger partial charge in [-0.25, -0.2) is 0 Å². The van der Waals surface area contributed by atoms with Crippen molar-refractivity contribution in [1.29, 1.82) is 0 Å². The van der Waals surface area contributed by atoms with Crippen molar-refractivity contribution >= 4 is 5.97 Å². The molecule has 0 radical (unpaired) electrons. The van der Waals surface area contributed by atoms with Crippen LogP contribution < -0.4 is 5.73 Å². The van der Waals surface area contributed by atoms with E-state index in [4.69, 9.17) is 10.5 Å². The molecule has 0 aliphatic rings. The molecule has 0 aromatic heterocycles. The predicted molar refractivity (Wildman–Crippen MR) is 39.4 cm³/mol. The Morgan fingerprint density at radius 1 is 1.60 bits per heavy atom. The number of esters is 1. The summed E-state index contributed by atoms with van der Waals surface area (Å²) in [5.41, 5.74) is 5.47. The van der Waals surface area contributed by atoms with Crippen molar-refractivity contribution in [2.75, 3.05) is 6.61 Å². The van der Waals surface area contributed by atoms with E-state index in [1.54, 1.807) is 20.8 Å². The number of hydrogen-bond donors (Lipinski definition) is 1. The van der Waals surface area contributed by atoms with Gasteiger partial charge >= 0.3 is 5.97 Å². The zero-order chi connectivity index (χ0) is 8.15. The van der Waals surface area contributed by atoms with Crippen LogP contribution in [0.25, 0.3) is 0 Å². The summed E-state index contributed by atoms with van der Waals surface area (Å²) in [6.07, 6.45) is 0. The third kappa shape index (κ3) is 2.82. The molecule has 60 valence electrons. The molecule has 0 aliphatic carbocycles. The SMILES string of the molecule is CCOC(=O)[C@@H](C)[C@H](C)N. The second-order valence-electron chi connectivity index (χ2n) is 2.40. The maximum Gasteiger partial charge on any atom is 0.310 e. The molecular formula is C7H15NO2. The van der Waals surface area contributed by atoms with Crippen molar-refractivity contribution in [2.45, 2.75) is 26.8 Å².